The van der Waals surface area contributed by atoms with Gasteiger partial charge >= 0.3 is 0 Å². The minimum atomic E-state index is 0. The molecular weight excluding hydrogens is 176 g/mol. The lowest BCUT2D eigenvalue weighted by Crippen LogP contribution is -1.79. The monoisotopic (exact) mass is 184 g/mol. The van der Waals surface area contributed by atoms with Gasteiger partial charge in [0.15, 0.2) is 0 Å². The molecule has 1 aromatic carbocycles. The maximum absolute atomic E-state index is 3.93. The number of halogens is 1. The number of hydrogen-bond acceptors (Lipinski definition) is 2. The van der Waals surface area contributed by atoms with Gasteiger partial charge in [-0.2, -0.15) is 10.2 Å². The summed E-state index contributed by atoms with van der Waals surface area (Å²) in [5, 5.41) is 8.83. The maximum Gasteiger partial charge on any atom is 0.0929 e. The molecule has 2 aromatic rings. The zero-order valence-corrected chi connectivity index (χ0v) is 7.08. The van der Waals surface area contributed by atoms with E-state index < -0.39 is 0 Å². The van der Waals surface area contributed by atoms with Crippen LogP contribution < -0.4 is 0 Å². The second-order valence-electron chi connectivity index (χ2n) is 2.09. The average Bonchev–Trinajstić information content (AvgIpc) is 2.05. The van der Waals surface area contributed by atoms with Gasteiger partial charge in [-0.25, -0.2) is 0 Å². The Morgan fingerprint density at radius 1 is 1.00 bits per heavy atom. The first-order valence-electron chi connectivity index (χ1n) is 3.13. The molecule has 0 aliphatic heterocycles. The van der Waals surface area contributed by atoms with Gasteiger partial charge in [-0.3, -0.25) is 0 Å². The molecule has 0 aliphatic rings. The maximum atomic E-state index is 3.93. The van der Waals surface area contributed by atoms with E-state index in [1.165, 1.54) is 0 Å². The van der Waals surface area contributed by atoms with Crippen molar-refractivity contribution in [2.75, 3.05) is 0 Å². The van der Waals surface area contributed by atoms with Crippen molar-refractivity contribution in [2.24, 2.45) is 0 Å². The van der Waals surface area contributed by atoms with E-state index in [4.69, 9.17) is 0 Å². The van der Waals surface area contributed by atoms with Crippen LogP contribution in [0, 0.1) is 0 Å². The molecule has 1 heterocycles. The van der Waals surface area contributed by atoms with E-state index in [2.05, 4.69) is 10.2 Å². The molecule has 0 saturated heterocycles. The molecule has 2 N–H and O–H groups in total. The highest BCUT2D eigenvalue weighted by Crippen LogP contribution is 2.06. The largest absolute Gasteiger partial charge is 0.412 e. The summed E-state index contributed by atoms with van der Waals surface area (Å²) in [6.07, 6.45) is 1.70. The predicted octanol–water partition coefficient (Wildman–Crippen LogP) is 1.23. The average molecular weight is 185 g/mol. The number of aromatic nitrogens is 2. The second-order valence-corrected chi connectivity index (χ2v) is 2.09. The smallest absolute Gasteiger partial charge is 0.0929 e. The van der Waals surface area contributed by atoms with Crippen LogP contribution in [0.2, 0.25) is 0 Å². The molecule has 0 bridgehead atoms. The SMILES string of the molecule is Cl.O.c1ccc2nnccc2c1. The summed E-state index contributed by atoms with van der Waals surface area (Å²) < 4.78 is 0. The molecule has 0 atom stereocenters. The van der Waals surface area contributed by atoms with E-state index >= 15 is 0 Å². The molecule has 2 rings (SSSR count). The summed E-state index contributed by atoms with van der Waals surface area (Å²) in [6.45, 7) is 0. The number of rotatable bonds is 0. The summed E-state index contributed by atoms with van der Waals surface area (Å²) in [5.74, 6) is 0. The van der Waals surface area contributed by atoms with Crippen LogP contribution in [0.5, 0.6) is 0 Å². The van der Waals surface area contributed by atoms with E-state index in [9.17, 15) is 0 Å². The molecule has 12 heavy (non-hydrogen) atoms. The first-order chi connectivity index (χ1) is 4.97. The minimum absolute atomic E-state index is 0. The van der Waals surface area contributed by atoms with Crippen molar-refractivity contribution in [1.82, 2.24) is 10.2 Å². The molecule has 64 valence electrons. The highest BCUT2D eigenvalue weighted by molar-refractivity contribution is 5.85. The number of benzene rings is 1. The van der Waals surface area contributed by atoms with E-state index in [0.717, 1.165) is 10.9 Å². The van der Waals surface area contributed by atoms with Crippen LogP contribution >= 0.6 is 12.4 Å². The van der Waals surface area contributed by atoms with Gasteiger partial charge in [0.1, 0.15) is 0 Å². The predicted molar refractivity (Wildman–Crippen MR) is 50.4 cm³/mol. The number of fused-ring (bicyclic) bond motifs is 1. The Kier molecular flexibility index (Phi) is 4.18. The third kappa shape index (κ3) is 1.90. The third-order valence-electron chi connectivity index (χ3n) is 1.42. The fourth-order valence-electron chi connectivity index (χ4n) is 0.929. The fraction of sp³-hybridized carbons (Fsp3) is 0. The third-order valence-corrected chi connectivity index (χ3v) is 1.42. The Labute approximate surface area is 76.2 Å². The zero-order valence-electron chi connectivity index (χ0n) is 6.27. The molecular formula is C8H9ClN2O. The van der Waals surface area contributed by atoms with Gasteiger partial charge in [0.05, 0.1) is 11.7 Å². The summed E-state index contributed by atoms with van der Waals surface area (Å²) in [7, 11) is 0. The first kappa shape index (κ1) is 10.8. The van der Waals surface area contributed by atoms with Gasteiger partial charge in [-0.15, -0.1) is 12.4 Å². The van der Waals surface area contributed by atoms with Crippen LogP contribution in [-0.2, 0) is 0 Å². The molecule has 0 amide bonds. The number of nitrogens with zero attached hydrogens (tertiary/aromatic N) is 2. The van der Waals surface area contributed by atoms with Crippen molar-refractivity contribution in [3.63, 3.8) is 0 Å². The lowest BCUT2D eigenvalue weighted by molar-refractivity contribution is 0.824. The topological polar surface area (TPSA) is 57.3 Å². The van der Waals surface area contributed by atoms with Crippen LogP contribution in [0.4, 0.5) is 0 Å². The quantitative estimate of drug-likeness (QED) is 0.618. The molecule has 0 saturated carbocycles. The Balaban J connectivity index is 0.000000605. The van der Waals surface area contributed by atoms with E-state index in [1.807, 2.05) is 30.3 Å². The Bertz CT molecular complexity index is 288. The van der Waals surface area contributed by atoms with Gasteiger partial charge in [-0.1, -0.05) is 18.2 Å². The van der Waals surface area contributed by atoms with Crippen molar-refractivity contribution in [3.8, 4) is 0 Å². The molecule has 0 fully saturated rings. The van der Waals surface area contributed by atoms with Crippen LogP contribution in [0.25, 0.3) is 10.9 Å². The van der Waals surface area contributed by atoms with E-state index in [0.29, 0.717) is 0 Å². The van der Waals surface area contributed by atoms with Crippen molar-refractivity contribution in [1.29, 1.82) is 0 Å². The van der Waals surface area contributed by atoms with Crippen LogP contribution in [0.15, 0.2) is 36.5 Å². The van der Waals surface area contributed by atoms with Crippen molar-refractivity contribution in [3.05, 3.63) is 36.5 Å². The molecule has 0 spiro atoms. The van der Waals surface area contributed by atoms with Crippen molar-refractivity contribution < 1.29 is 5.48 Å². The van der Waals surface area contributed by atoms with Crippen molar-refractivity contribution in [2.45, 2.75) is 0 Å². The van der Waals surface area contributed by atoms with E-state index in [-0.39, 0.29) is 17.9 Å². The molecule has 3 nitrogen and oxygen atoms in total. The highest BCUT2D eigenvalue weighted by Gasteiger charge is 1.87. The van der Waals surface area contributed by atoms with Gasteiger partial charge in [-0.05, 0) is 12.1 Å². The van der Waals surface area contributed by atoms with Gasteiger partial charge in [0, 0.05) is 5.39 Å². The van der Waals surface area contributed by atoms with Crippen LogP contribution in [0.3, 0.4) is 0 Å². The Hall–Kier alpha value is -1.19. The van der Waals surface area contributed by atoms with Gasteiger partial charge in [0.25, 0.3) is 0 Å². The highest BCUT2D eigenvalue weighted by atomic mass is 35.5. The zero-order chi connectivity index (χ0) is 6.81. The Morgan fingerprint density at radius 2 is 1.75 bits per heavy atom. The van der Waals surface area contributed by atoms with Crippen LogP contribution in [0.1, 0.15) is 0 Å². The van der Waals surface area contributed by atoms with Gasteiger partial charge < -0.3 is 5.48 Å². The number of hydrogen-bond donors (Lipinski definition) is 0. The summed E-state index contributed by atoms with van der Waals surface area (Å²) in [5.41, 5.74) is 0.949. The van der Waals surface area contributed by atoms with E-state index in [1.54, 1.807) is 6.20 Å². The second kappa shape index (κ2) is 4.64. The normalized spacial score (nSPS) is 8.33. The molecule has 0 radical (unpaired) electrons. The lowest BCUT2D eigenvalue weighted by Gasteiger charge is -1.90. The molecule has 4 heteroatoms. The standard InChI is InChI=1S/C8H6N2.ClH.H2O/c1-2-4-8-7(3-1)5-6-9-10-8;;/h1-6H;1H;1H2. The lowest BCUT2D eigenvalue weighted by atomic mass is 10.2. The van der Waals surface area contributed by atoms with Gasteiger partial charge in [0.2, 0.25) is 0 Å². The van der Waals surface area contributed by atoms with Crippen molar-refractivity contribution >= 4 is 23.3 Å². The fourth-order valence-corrected chi connectivity index (χ4v) is 0.929. The summed E-state index contributed by atoms with van der Waals surface area (Å²) >= 11 is 0. The van der Waals surface area contributed by atoms with Crippen LogP contribution in [-0.4, -0.2) is 15.7 Å². The molecule has 0 unspecified atom stereocenters. The summed E-state index contributed by atoms with van der Waals surface area (Å²) in [4.78, 5) is 0. The first-order valence-corrected chi connectivity index (χ1v) is 3.13. The molecule has 1 aromatic heterocycles. The molecule has 0 aliphatic carbocycles. The minimum Gasteiger partial charge on any atom is -0.412 e. The summed E-state index contributed by atoms with van der Waals surface area (Å²) in [6, 6.07) is 9.86. The Morgan fingerprint density at radius 3 is 2.50 bits per heavy atom.